The highest BCUT2D eigenvalue weighted by Crippen LogP contribution is 2.35. The van der Waals surface area contributed by atoms with E-state index in [-0.39, 0.29) is 18.0 Å². The number of benzene rings is 1. The summed E-state index contributed by atoms with van der Waals surface area (Å²) in [5.74, 6) is 1.00. The average Bonchev–Trinajstić information content (AvgIpc) is 3.01. The van der Waals surface area contributed by atoms with Gasteiger partial charge in [-0.05, 0) is 25.0 Å². The first-order valence-electron chi connectivity index (χ1n) is 6.62. The predicted octanol–water partition coefficient (Wildman–Crippen LogP) is 2.19. The molecule has 1 aliphatic rings. The minimum absolute atomic E-state index is 0.0257. The molecule has 0 aliphatic carbocycles. The van der Waals surface area contributed by atoms with Crippen molar-refractivity contribution in [3.63, 3.8) is 0 Å². The molecule has 1 N–H and O–H groups in total. The van der Waals surface area contributed by atoms with Crippen molar-refractivity contribution < 1.29 is 4.79 Å². The van der Waals surface area contributed by atoms with Gasteiger partial charge in [0.15, 0.2) is 0 Å². The molecule has 5 nitrogen and oxygen atoms in total. The third kappa shape index (κ3) is 2.56. The van der Waals surface area contributed by atoms with Gasteiger partial charge in [0.2, 0.25) is 5.91 Å². The highest BCUT2D eigenvalue weighted by atomic mass is 32.2. The summed E-state index contributed by atoms with van der Waals surface area (Å²) in [6.45, 7) is 1.83. The molecular weight excluding hydrogens is 272 g/mol. The van der Waals surface area contributed by atoms with Crippen molar-refractivity contribution in [3.05, 3.63) is 42.5 Å². The van der Waals surface area contributed by atoms with Crippen molar-refractivity contribution in [2.45, 2.75) is 30.3 Å². The Bertz CT molecular complexity index is 599. The third-order valence-corrected chi connectivity index (χ3v) is 4.61. The van der Waals surface area contributed by atoms with Crippen molar-refractivity contribution in [2.24, 2.45) is 0 Å². The highest BCUT2D eigenvalue weighted by Gasteiger charge is 2.24. The van der Waals surface area contributed by atoms with Crippen LogP contribution >= 0.6 is 11.8 Å². The summed E-state index contributed by atoms with van der Waals surface area (Å²) in [7, 11) is 0. The lowest BCUT2D eigenvalue weighted by atomic mass is 10.0. The van der Waals surface area contributed by atoms with Gasteiger partial charge >= 0.3 is 0 Å². The molecule has 0 fully saturated rings. The molecule has 104 valence electrons. The van der Waals surface area contributed by atoms with Gasteiger partial charge in [0.1, 0.15) is 18.7 Å². The number of aromatic nitrogens is 3. The van der Waals surface area contributed by atoms with Crippen LogP contribution < -0.4 is 5.32 Å². The summed E-state index contributed by atoms with van der Waals surface area (Å²) in [5, 5.41) is 7.14. The zero-order chi connectivity index (χ0) is 13.9. The molecule has 0 saturated heterocycles. The first-order valence-corrected chi connectivity index (χ1v) is 7.60. The second-order valence-corrected chi connectivity index (χ2v) is 5.92. The first-order chi connectivity index (χ1) is 9.75. The Kier molecular flexibility index (Phi) is 3.73. The number of thioether (sulfide) groups is 1. The molecule has 0 unspecified atom stereocenters. The van der Waals surface area contributed by atoms with Gasteiger partial charge in [-0.1, -0.05) is 18.2 Å². The minimum atomic E-state index is -0.348. The van der Waals surface area contributed by atoms with Gasteiger partial charge in [0.25, 0.3) is 0 Å². The maximum absolute atomic E-state index is 12.3. The van der Waals surface area contributed by atoms with Crippen LogP contribution in [0.1, 0.15) is 31.0 Å². The van der Waals surface area contributed by atoms with Crippen molar-refractivity contribution in [1.29, 1.82) is 0 Å². The van der Waals surface area contributed by atoms with Gasteiger partial charge in [-0.2, -0.15) is 5.10 Å². The van der Waals surface area contributed by atoms with E-state index < -0.39 is 0 Å². The van der Waals surface area contributed by atoms with Crippen LogP contribution in [-0.4, -0.2) is 26.4 Å². The van der Waals surface area contributed by atoms with E-state index in [4.69, 9.17) is 0 Å². The third-order valence-electron chi connectivity index (χ3n) is 3.49. The van der Waals surface area contributed by atoms with Crippen molar-refractivity contribution in [3.8, 4) is 0 Å². The molecule has 1 aromatic heterocycles. The first kappa shape index (κ1) is 13.2. The van der Waals surface area contributed by atoms with Gasteiger partial charge in [-0.3, -0.25) is 4.79 Å². The van der Waals surface area contributed by atoms with Gasteiger partial charge in [0, 0.05) is 10.6 Å². The summed E-state index contributed by atoms with van der Waals surface area (Å²) in [5.41, 5.74) is 1.21. The number of hydrogen-bond acceptors (Lipinski definition) is 4. The molecule has 1 aliphatic heterocycles. The van der Waals surface area contributed by atoms with Crippen LogP contribution in [0.25, 0.3) is 0 Å². The number of carbonyl (C=O) groups is 1. The molecule has 6 heteroatoms. The summed E-state index contributed by atoms with van der Waals surface area (Å²) in [6.07, 6.45) is 3.96. The summed E-state index contributed by atoms with van der Waals surface area (Å²) in [6, 6.07) is 8.00. The van der Waals surface area contributed by atoms with Crippen LogP contribution in [0.15, 0.2) is 41.8 Å². The number of fused-ring (bicyclic) bond motifs is 1. The maximum atomic E-state index is 12.3. The Hall–Kier alpha value is -1.82. The van der Waals surface area contributed by atoms with E-state index in [1.807, 2.05) is 30.8 Å². The fourth-order valence-electron chi connectivity index (χ4n) is 2.32. The van der Waals surface area contributed by atoms with Crippen molar-refractivity contribution in [2.75, 3.05) is 5.75 Å². The Balaban J connectivity index is 1.74. The van der Waals surface area contributed by atoms with Crippen molar-refractivity contribution >= 4 is 17.7 Å². The summed E-state index contributed by atoms with van der Waals surface area (Å²) >= 11 is 1.85. The second kappa shape index (κ2) is 5.66. The van der Waals surface area contributed by atoms with Gasteiger partial charge in [0.05, 0.1) is 6.04 Å². The van der Waals surface area contributed by atoms with Crippen LogP contribution in [0.5, 0.6) is 0 Å². The van der Waals surface area contributed by atoms with Crippen molar-refractivity contribution in [1.82, 2.24) is 20.1 Å². The molecule has 1 amide bonds. The van der Waals surface area contributed by atoms with E-state index in [2.05, 4.69) is 27.5 Å². The molecule has 2 heterocycles. The number of hydrogen-bond donors (Lipinski definition) is 1. The van der Waals surface area contributed by atoms with Crippen LogP contribution in [-0.2, 0) is 4.79 Å². The van der Waals surface area contributed by atoms with E-state index in [9.17, 15) is 4.79 Å². The zero-order valence-electron chi connectivity index (χ0n) is 11.2. The number of amides is 1. The summed E-state index contributed by atoms with van der Waals surface area (Å²) in [4.78, 5) is 17.5. The monoisotopic (exact) mass is 288 g/mol. The fraction of sp³-hybridized carbons (Fsp3) is 0.357. The van der Waals surface area contributed by atoms with Gasteiger partial charge < -0.3 is 5.32 Å². The Morgan fingerprint density at radius 2 is 2.35 bits per heavy atom. The van der Waals surface area contributed by atoms with E-state index in [0.29, 0.717) is 0 Å². The fourth-order valence-corrected chi connectivity index (χ4v) is 3.45. The molecule has 0 radical (unpaired) electrons. The Morgan fingerprint density at radius 1 is 1.50 bits per heavy atom. The molecule has 1 aromatic carbocycles. The largest absolute Gasteiger partial charge is 0.347 e. The minimum Gasteiger partial charge on any atom is -0.347 e. The number of nitrogens with zero attached hydrogens (tertiary/aromatic N) is 3. The standard InChI is InChI=1S/C14H16N4OS/c1-10(18-9-15-8-16-18)14(19)17-12-6-7-20-13-5-3-2-4-11(12)13/h2-5,8-10,12H,6-7H2,1H3,(H,17,19)/t10-,12-/m1/s1. The lowest BCUT2D eigenvalue weighted by molar-refractivity contribution is -0.125. The topological polar surface area (TPSA) is 59.8 Å². The van der Waals surface area contributed by atoms with E-state index in [0.717, 1.165) is 12.2 Å². The second-order valence-electron chi connectivity index (χ2n) is 4.79. The quantitative estimate of drug-likeness (QED) is 0.940. The maximum Gasteiger partial charge on any atom is 0.245 e. The van der Waals surface area contributed by atoms with Gasteiger partial charge in [-0.25, -0.2) is 9.67 Å². The molecular formula is C14H16N4OS. The van der Waals surface area contributed by atoms with E-state index >= 15 is 0 Å². The molecule has 20 heavy (non-hydrogen) atoms. The molecule has 0 bridgehead atoms. The van der Waals surface area contributed by atoms with Crippen LogP contribution in [0.2, 0.25) is 0 Å². The van der Waals surface area contributed by atoms with Crippen LogP contribution in [0.3, 0.4) is 0 Å². The zero-order valence-corrected chi connectivity index (χ0v) is 12.0. The molecule has 0 spiro atoms. The lowest BCUT2D eigenvalue weighted by Gasteiger charge is -2.27. The molecule has 2 aromatic rings. The average molecular weight is 288 g/mol. The van der Waals surface area contributed by atoms with Gasteiger partial charge in [-0.15, -0.1) is 11.8 Å². The van der Waals surface area contributed by atoms with Crippen LogP contribution in [0, 0.1) is 0 Å². The molecule has 2 atom stereocenters. The molecule has 3 rings (SSSR count). The lowest BCUT2D eigenvalue weighted by Crippen LogP contribution is -2.35. The summed E-state index contributed by atoms with van der Waals surface area (Å²) < 4.78 is 1.57. The predicted molar refractivity (Wildman–Crippen MR) is 77.4 cm³/mol. The number of carbonyl (C=O) groups excluding carboxylic acids is 1. The SMILES string of the molecule is C[C@H](C(=O)N[C@@H]1CCSc2ccccc21)n1cncn1. The normalized spacial score (nSPS) is 19.1. The van der Waals surface area contributed by atoms with E-state index in [1.54, 1.807) is 11.0 Å². The number of rotatable bonds is 3. The van der Waals surface area contributed by atoms with Crippen LogP contribution in [0.4, 0.5) is 0 Å². The smallest absolute Gasteiger partial charge is 0.245 e. The van der Waals surface area contributed by atoms with E-state index in [1.165, 1.54) is 16.8 Å². The highest BCUT2D eigenvalue weighted by molar-refractivity contribution is 7.99. The Morgan fingerprint density at radius 3 is 3.15 bits per heavy atom. The molecule has 0 saturated carbocycles. The number of nitrogens with one attached hydrogen (secondary N) is 1. The Labute approximate surface area is 121 Å².